The Morgan fingerprint density at radius 2 is 0.776 bits per heavy atom. The van der Waals surface area contributed by atoms with E-state index in [2.05, 4.69) is 172 Å². The second-order valence-electron chi connectivity index (χ2n) is 15.7. The molecule has 58 heavy (non-hydrogen) atoms. The third-order valence-electron chi connectivity index (χ3n) is 10.3. The van der Waals surface area contributed by atoms with Crippen LogP contribution >= 0.6 is 0 Å². The smallest absolute Gasteiger partial charge is 1.00 e. The molecule has 0 unspecified atom stereocenters. The molecule has 5 aromatic rings. The Hall–Kier alpha value is -1.74. The number of hydrogen-bond donors (Lipinski definition) is 0. The van der Waals surface area contributed by atoms with E-state index in [1.54, 1.807) is 0 Å². The zero-order valence-corrected chi connectivity index (χ0v) is 44.3. The topological polar surface area (TPSA) is 31.8 Å². The van der Waals surface area contributed by atoms with Crippen LogP contribution in [0.2, 0.25) is 0 Å². The van der Waals surface area contributed by atoms with Gasteiger partial charge in [0.1, 0.15) is 23.8 Å². The van der Waals surface area contributed by atoms with Crippen molar-refractivity contribution in [3.05, 3.63) is 119 Å². The third-order valence-corrected chi connectivity index (χ3v) is 10.3. The molecule has 0 aliphatic rings. The number of rotatable bonds is 11. The fraction of sp³-hybridized carbons (Fsp3) is 0.375. The van der Waals surface area contributed by atoms with Crippen LogP contribution in [0.1, 0.15) is 146 Å². The third kappa shape index (κ3) is 12.7. The van der Waals surface area contributed by atoms with E-state index in [1.807, 2.05) is 24.5 Å². The Kier molecular flexibility index (Phi) is 26.1. The molecule has 0 N–H and O–H groups in total. The molecule has 0 saturated carbocycles. The quantitative estimate of drug-likeness (QED) is 0.115. The fourth-order valence-electron chi connectivity index (χ4n) is 7.40. The Morgan fingerprint density at radius 1 is 0.466 bits per heavy atom. The van der Waals surface area contributed by atoms with Crippen LogP contribution in [0.4, 0.5) is 23.0 Å². The van der Waals surface area contributed by atoms with E-state index in [1.165, 1.54) is 67.0 Å². The Balaban J connectivity index is 0. The first kappa shape index (κ1) is 58.4. The monoisotopic (exact) mass is 1130 g/mol. The molecule has 10 heteroatoms. The summed E-state index contributed by atoms with van der Waals surface area (Å²) in [4.78, 5) is 9.53. The number of pyridine rings is 2. The van der Waals surface area contributed by atoms with Gasteiger partial charge >= 0.3 is 45.8 Å². The molecule has 0 amide bonds. The van der Waals surface area contributed by atoms with Crippen LogP contribution in [0, 0.1) is 6.92 Å². The molecule has 0 aliphatic carbocycles. The van der Waals surface area contributed by atoms with Gasteiger partial charge in [0.25, 0.3) is 0 Å². The minimum atomic E-state index is 0. The summed E-state index contributed by atoms with van der Waals surface area (Å²) in [6, 6.07) is 27.0. The van der Waals surface area contributed by atoms with Gasteiger partial charge in [-0.1, -0.05) is 93.5 Å². The van der Waals surface area contributed by atoms with Gasteiger partial charge in [0.2, 0.25) is 0 Å². The van der Waals surface area contributed by atoms with E-state index in [-0.39, 0.29) is 102 Å². The minimum Gasteiger partial charge on any atom is -1.00 e. The molecule has 5 rings (SSSR count). The summed E-state index contributed by atoms with van der Waals surface area (Å²) in [6.45, 7) is 29.7. The summed E-state index contributed by atoms with van der Waals surface area (Å²) >= 11 is 0. The van der Waals surface area contributed by atoms with Gasteiger partial charge in [0, 0.05) is 34.4 Å². The van der Waals surface area contributed by atoms with Crippen LogP contribution in [-0.4, -0.2) is 22.4 Å². The summed E-state index contributed by atoms with van der Waals surface area (Å²) in [5, 5.41) is 0. The van der Waals surface area contributed by atoms with Gasteiger partial charge in [0.05, 0.1) is 12.4 Å². The van der Waals surface area contributed by atoms with Crippen molar-refractivity contribution in [2.24, 2.45) is 0 Å². The van der Waals surface area contributed by atoms with E-state index in [4.69, 9.17) is 9.97 Å². The minimum absolute atomic E-state index is 0. The van der Waals surface area contributed by atoms with Crippen LogP contribution in [0.25, 0.3) is 22.3 Å². The van der Waals surface area contributed by atoms with Crippen molar-refractivity contribution in [3.63, 3.8) is 0 Å². The maximum absolute atomic E-state index is 4.76. The number of aromatic nitrogens is 2. The predicted octanol–water partition coefficient (Wildman–Crippen LogP) is 1.60. The van der Waals surface area contributed by atoms with Crippen molar-refractivity contribution in [3.8, 4) is 22.3 Å². The zero-order chi connectivity index (χ0) is 37.9. The molecular formula is C48H60Br4Cu2N4+2. The number of hydrogen-bond acceptors (Lipinski definition) is 2. The van der Waals surface area contributed by atoms with E-state index < -0.39 is 0 Å². The second kappa shape index (κ2) is 25.9. The number of benzene rings is 3. The van der Waals surface area contributed by atoms with Crippen LogP contribution in [0.5, 0.6) is 0 Å². The van der Waals surface area contributed by atoms with Gasteiger partial charge in [-0.25, -0.2) is 9.15 Å². The summed E-state index contributed by atoms with van der Waals surface area (Å²) in [5.74, 6) is 3.53. The molecule has 4 nitrogen and oxygen atoms in total. The summed E-state index contributed by atoms with van der Waals surface area (Å²) in [5.41, 5.74) is 15.7. The molecule has 3 aromatic carbocycles. The fourth-order valence-corrected chi connectivity index (χ4v) is 7.40. The first-order chi connectivity index (χ1) is 24.8. The molecule has 2 radical (unpaired) electrons. The van der Waals surface area contributed by atoms with Crippen molar-refractivity contribution in [1.29, 1.82) is 0 Å². The zero-order valence-electron chi connectivity index (χ0n) is 36.0. The Bertz CT molecular complexity index is 1910. The van der Waals surface area contributed by atoms with E-state index >= 15 is 0 Å². The van der Waals surface area contributed by atoms with Crippen molar-refractivity contribution >= 4 is 35.4 Å². The Labute approximate surface area is 413 Å². The first-order valence-electron chi connectivity index (χ1n) is 19.3. The molecule has 0 fully saturated rings. The molecular weight excluding hydrogens is 1080 g/mol. The van der Waals surface area contributed by atoms with Crippen molar-refractivity contribution < 1.29 is 102 Å². The summed E-state index contributed by atoms with van der Waals surface area (Å²) in [6.07, 6.45) is 8.08. The van der Waals surface area contributed by atoms with Gasteiger partial charge in [0.15, 0.2) is 0 Å². The average Bonchev–Trinajstić information content (AvgIpc) is 3.12. The standard InChI is InChI=1S/C48H60N4.4BrH.2Cu/c1-14-51(45-20-16-18-22-49-45)47-39(31(5)6)26-37(27-40(47)32(7)8)43-24-36(30(3)4)25-44(35(43)13)38-28-41(33(9)10)48(42(29-38)34(11)12)52(15-2)46-21-17-19-23-50-46;;;;;;/h14-34H,1-13H3;4*1H;;/q+2;;;;;2*+2/p-4. The largest absolute Gasteiger partial charge is 2.00 e. The van der Waals surface area contributed by atoms with Gasteiger partial charge in [-0.15, -0.1) is 0 Å². The van der Waals surface area contributed by atoms with Gasteiger partial charge < -0.3 is 67.9 Å². The molecule has 0 saturated heterocycles. The molecule has 320 valence electrons. The summed E-state index contributed by atoms with van der Waals surface area (Å²) in [7, 11) is 0. The van der Waals surface area contributed by atoms with Crippen LogP contribution in [-0.2, 0) is 34.1 Å². The predicted molar refractivity (Wildman–Crippen MR) is 227 cm³/mol. The maximum Gasteiger partial charge on any atom is 2.00 e. The second-order valence-corrected chi connectivity index (χ2v) is 15.7. The van der Waals surface area contributed by atoms with Gasteiger partial charge in [-0.05, 0) is 130 Å². The summed E-state index contributed by atoms with van der Waals surface area (Å²) < 4.78 is 4.56. The van der Waals surface area contributed by atoms with Crippen molar-refractivity contribution in [1.82, 2.24) is 19.1 Å². The molecule has 0 atom stereocenters. The van der Waals surface area contributed by atoms with Crippen LogP contribution in [0.15, 0.2) is 85.2 Å². The van der Waals surface area contributed by atoms with Gasteiger partial charge in [-0.3, -0.25) is 0 Å². The van der Waals surface area contributed by atoms with Crippen LogP contribution < -0.4 is 77.1 Å². The normalized spacial score (nSPS) is 11.3. The van der Waals surface area contributed by atoms with Crippen molar-refractivity contribution in [2.75, 3.05) is 0 Å². The Morgan fingerprint density at radius 3 is 1.00 bits per heavy atom. The van der Waals surface area contributed by atoms with Crippen molar-refractivity contribution in [2.45, 2.75) is 120 Å². The molecule has 2 heterocycles. The van der Waals surface area contributed by atoms with E-state index in [0.717, 1.165) is 11.6 Å². The molecule has 0 spiro atoms. The SMILES string of the molecule is CC=[N+](c1ccccn1)c1c(C(C)C)cc(-c2cc(C(C)C)cc(-c3cc(C(C)C)c([N+](=CC)c4ccccn4)c(C(C)C)c3)c2C)cc1C(C)C.[Br-].[Br-].[Br-].[Br-].[Cu+2].[Cu+2]. The molecule has 2 aromatic heterocycles. The molecule has 0 aliphatic heterocycles. The average molecular weight is 1140 g/mol. The maximum atomic E-state index is 4.76. The van der Waals surface area contributed by atoms with Gasteiger partial charge in [-0.2, -0.15) is 0 Å². The number of halogens is 4. The van der Waals surface area contributed by atoms with E-state index in [0.29, 0.717) is 29.6 Å². The number of nitrogens with zero attached hydrogens (tertiary/aromatic N) is 4. The van der Waals surface area contributed by atoms with Crippen LogP contribution in [0.3, 0.4) is 0 Å². The van der Waals surface area contributed by atoms with E-state index in [9.17, 15) is 0 Å². The molecule has 0 bridgehead atoms. The first-order valence-corrected chi connectivity index (χ1v) is 19.3.